The second-order valence-electron chi connectivity index (χ2n) is 8.81. The molecule has 0 radical (unpaired) electrons. The molecule has 0 heterocycles. The Labute approximate surface area is 195 Å². The van der Waals surface area contributed by atoms with Crippen LogP contribution in [-0.4, -0.2) is 37.5 Å². The van der Waals surface area contributed by atoms with Crippen molar-refractivity contribution < 1.29 is 23.9 Å². The Morgan fingerprint density at radius 2 is 1.58 bits per heavy atom. The molecular weight excluding hydrogens is 420 g/mol. The SMILES string of the molecule is CC(=O)Oc1cccc(C(=O)NCCCNC(=O)CCCOc2ccc(C(C)(C)C)cc2)c1. The number of ether oxygens (including phenoxy) is 2. The fourth-order valence-electron chi connectivity index (χ4n) is 3.05. The van der Waals surface area contributed by atoms with Crippen LogP contribution in [0.2, 0.25) is 0 Å². The second kappa shape index (κ2) is 12.6. The third kappa shape index (κ3) is 9.76. The lowest BCUT2D eigenvalue weighted by molar-refractivity contribution is -0.131. The van der Waals surface area contributed by atoms with Gasteiger partial charge in [-0.3, -0.25) is 14.4 Å². The molecule has 7 heteroatoms. The number of hydrogen-bond acceptors (Lipinski definition) is 5. The summed E-state index contributed by atoms with van der Waals surface area (Å²) in [6.07, 6.45) is 1.62. The van der Waals surface area contributed by atoms with E-state index in [-0.39, 0.29) is 17.2 Å². The molecule has 0 bridgehead atoms. The van der Waals surface area contributed by atoms with Crippen molar-refractivity contribution in [3.05, 3.63) is 59.7 Å². The smallest absolute Gasteiger partial charge is 0.308 e. The maximum atomic E-state index is 12.2. The molecule has 0 spiro atoms. The van der Waals surface area contributed by atoms with Gasteiger partial charge in [0.1, 0.15) is 11.5 Å². The highest BCUT2D eigenvalue weighted by Crippen LogP contribution is 2.24. The lowest BCUT2D eigenvalue weighted by atomic mass is 9.87. The van der Waals surface area contributed by atoms with Gasteiger partial charge < -0.3 is 20.1 Å². The Balaban J connectivity index is 1.56. The number of carbonyl (C=O) groups is 3. The van der Waals surface area contributed by atoms with Gasteiger partial charge in [-0.15, -0.1) is 0 Å². The molecule has 0 aliphatic rings. The quantitative estimate of drug-likeness (QED) is 0.304. The van der Waals surface area contributed by atoms with E-state index in [0.29, 0.717) is 50.3 Å². The van der Waals surface area contributed by atoms with E-state index >= 15 is 0 Å². The van der Waals surface area contributed by atoms with E-state index in [2.05, 4.69) is 43.5 Å². The molecule has 178 valence electrons. The van der Waals surface area contributed by atoms with Gasteiger partial charge in [0.05, 0.1) is 6.61 Å². The van der Waals surface area contributed by atoms with Gasteiger partial charge in [-0.25, -0.2) is 0 Å². The minimum Gasteiger partial charge on any atom is -0.494 e. The third-order valence-electron chi connectivity index (χ3n) is 4.86. The highest BCUT2D eigenvalue weighted by atomic mass is 16.5. The van der Waals surface area contributed by atoms with Crippen LogP contribution in [-0.2, 0) is 15.0 Å². The molecule has 0 aromatic heterocycles. The van der Waals surface area contributed by atoms with Crippen LogP contribution < -0.4 is 20.1 Å². The van der Waals surface area contributed by atoms with Gasteiger partial charge in [0.25, 0.3) is 5.91 Å². The summed E-state index contributed by atoms with van der Waals surface area (Å²) in [5.41, 5.74) is 1.77. The molecular formula is C26H34N2O5. The Kier molecular flexibility index (Phi) is 9.91. The van der Waals surface area contributed by atoms with Gasteiger partial charge >= 0.3 is 5.97 Å². The first-order valence-electron chi connectivity index (χ1n) is 11.2. The first-order valence-corrected chi connectivity index (χ1v) is 11.2. The Bertz CT molecular complexity index is 932. The molecule has 0 fully saturated rings. The summed E-state index contributed by atoms with van der Waals surface area (Å²) in [7, 11) is 0. The molecule has 2 amide bonds. The molecule has 0 saturated heterocycles. The summed E-state index contributed by atoms with van der Waals surface area (Å²) >= 11 is 0. The van der Waals surface area contributed by atoms with Crippen LogP contribution in [0.25, 0.3) is 0 Å². The second-order valence-corrected chi connectivity index (χ2v) is 8.81. The van der Waals surface area contributed by atoms with Crippen LogP contribution in [0.3, 0.4) is 0 Å². The Morgan fingerprint density at radius 3 is 2.24 bits per heavy atom. The number of nitrogens with one attached hydrogen (secondary N) is 2. The van der Waals surface area contributed by atoms with Gasteiger partial charge in [-0.1, -0.05) is 39.0 Å². The van der Waals surface area contributed by atoms with Gasteiger partial charge in [0, 0.05) is 32.0 Å². The zero-order chi connectivity index (χ0) is 24.3. The molecule has 2 N–H and O–H groups in total. The average Bonchev–Trinajstić information content (AvgIpc) is 2.76. The molecule has 0 unspecified atom stereocenters. The number of rotatable bonds is 11. The van der Waals surface area contributed by atoms with E-state index < -0.39 is 5.97 Å². The van der Waals surface area contributed by atoms with Crippen LogP contribution in [0.5, 0.6) is 11.5 Å². The van der Waals surface area contributed by atoms with E-state index in [1.165, 1.54) is 18.6 Å². The fraction of sp³-hybridized carbons (Fsp3) is 0.423. The zero-order valence-electron chi connectivity index (χ0n) is 19.9. The van der Waals surface area contributed by atoms with Gasteiger partial charge in [-0.2, -0.15) is 0 Å². The minimum atomic E-state index is -0.440. The topological polar surface area (TPSA) is 93.7 Å². The number of benzene rings is 2. The summed E-state index contributed by atoms with van der Waals surface area (Å²) in [5, 5.41) is 5.63. The molecule has 2 rings (SSSR count). The van der Waals surface area contributed by atoms with E-state index in [0.717, 1.165) is 5.75 Å². The molecule has 2 aromatic carbocycles. The van der Waals surface area contributed by atoms with Crippen LogP contribution in [0.4, 0.5) is 0 Å². The molecule has 7 nitrogen and oxygen atoms in total. The average molecular weight is 455 g/mol. The van der Waals surface area contributed by atoms with E-state index in [4.69, 9.17) is 9.47 Å². The highest BCUT2D eigenvalue weighted by Gasteiger charge is 2.13. The van der Waals surface area contributed by atoms with Crippen molar-refractivity contribution in [2.45, 2.75) is 52.4 Å². The van der Waals surface area contributed by atoms with Crippen LogP contribution in [0.15, 0.2) is 48.5 Å². The molecule has 0 aliphatic carbocycles. The maximum Gasteiger partial charge on any atom is 0.308 e. The lowest BCUT2D eigenvalue weighted by Gasteiger charge is -2.19. The fourth-order valence-corrected chi connectivity index (χ4v) is 3.05. The number of amides is 2. The van der Waals surface area contributed by atoms with Crippen molar-refractivity contribution in [2.75, 3.05) is 19.7 Å². The van der Waals surface area contributed by atoms with Crippen molar-refractivity contribution in [1.29, 1.82) is 0 Å². The molecule has 0 saturated carbocycles. The Morgan fingerprint density at radius 1 is 0.879 bits per heavy atom. The summed E-state index contributed by atoms with van der Waals surface area (Å²) < 4.78 is 10.7. The van der Waals surface area contributed by atoms with E-state index in [9.17, 15) is 14.4 Å². The third-order valence-corrected chi connectivity index (χ3v) is 4.86. The monoisotopic (exact) mass is 454 g/mol. The molecule has 0 aliphatic heterocycles. The van der Waals surface area contributed by atoms with Gasteiger partial charge in [0.2, 0.25) is 5.91 Å². The predicted octanol–water partition coefficient (Wildman–Crippen LogP) is 4.00. The van der Waals surface area contributed by atoms with E-state index in [1.807, 2.05) is 12.1 Å². The Hall–Kier alpha value is -3.35. The zero-order valence-corrected chi connectivity index (χ0v) is 19.9. The number of carbonyl (C=O) groups excluding carboxylic acids is 3. The molecule has 33 heavy (non-hydrogen) atoms. The summed E-state index contributed by atoms with van der Waals surface area (Å²) in [4.78, 5) is 35.2. The van der Waals surface area contributed by atoms with Gasteiger partial charge in [0.15, 0.2) is 0 Å². The summed E-state index contributed by atoms with van der Waals surface area (Å²) in [6, 6.07) is 14.5. The van der Waals surface area contributed by atoms with Crippen molar-refractivity contribution in [2.24, 2.45) is 0 Å². The van der Waals surface area contributed by atoms with Crippen molar-refractivity contribution in [1.82, 2.24) is 10.6 Å². The molecule has 0 atom stereocenters. The summed E-state index contributed by atoms with van der Waals surface area (Å²) in [6.45, 7) is 9.18. The standard InChI is InChI=1S/C26H34N2O5/c1-19(29)33-23-9-5-8-20(18-23)25(31)28-16-7-15-27-24(30)10-6-17-32-22-13-11-21(12-14-22)26(2,3)4/h5,8-9,11-14,18H,6-7,10,15-17H2,1-4H3,(H,27,30)(H,28,31). The minimum absolute atomic E-state index is 0.0397. The maximum absolute atomic E-state index is 12.2. The van der Waals surface area contributed by atoms with Crippen molar-refractivity contribution >= 4 is 17.8 Å². The first kappa shape index (κ1) is 25.9. The van der Waals surface area contributed by atoms with Crippen LogP contribution in [0.1, 0.15) is 62.9 Å². The predicted molar refractivity (Wildman–Crippen MR) is 128 cm³/mol. The summed E-state index contributed by atoms with van der Waals surface area (Å²) in [5.74, 6) is 0.389. The van der Waals surface area contributed by atoms with Crippen LogP contribution in [0, 0.1) is 0 Å². The highest BCUT2D eigenvalue weighted by molar-refractivity contribution is 5.94. The number of esters is 1. The molecule has 2 aromatic rings. The van der Waals surface area contributed by atoms with Gasteiger partial charge in [-0.05, 0) is 54.2 Å². The van der Waals surface area contributed by atoms with Crippen molar-refractivity contribution in [3.63, 3.8) is 0 Å². The normalized spacial score (nSPS) is 10.9. The van der Waals surface area contributed by atoms with E-state index in [1.54, 1.807) is 18.2 Å². The lowest BCUT2D eigenvalue weighted by Crippen LogP contribution is -2.30. The largest absolute Gasteiger partial charge is 0.494 e. The van der Waals surface area contributed by atoms with Crippen molar-refractivity contribution in [3.8, 4) is 11.5 Å². The first-order chi connectivity index (χ1) is 15.6. The van der Waals surface area contributed by atoms with Crippen LogP contribution >= 0.6 is 0 Å². The number of hydrogen-bond donors (Lipinski definition) is 2.